The normalized spacial score (nSPS) is 13.1. The molecule has 3 rings (SSSR count). The molecule has 136 valence electrons. The molecule has 0 fully saturated rings. The monoisotopic (exact) mass is 373 g/mol. The van der Waals surface area contributed by atoms with Crippen molar-refractivity contribution in [2.24, 2.45) is 0 Å². The maximum absolute atomic E-state index is 12.4. The molecule has 0 bridgehead atoms. The Morgan fingerprint density at radius 2 is 1.92 bits per heavy atom. The van der Waals surface area contributed by atoms with E-state index in [0.29, 0.717) is 5.76 Å². The minimum Gasteiger partial charge on any atom is -0.460 e. The molecule has 0 aliphatic heterocycles. The van der Waals surface area contributed by atoms with Crippen LogP contribution in [-0.4, -0.2) is 37.7 Å². The van der Waals surface area contributed by atoms with Crippen molar-refractivity contribution < 1.29 is 17.6 Å². The SMILES string of the molecule is CC(C(=O)Nc1ccc(S(=O)(=O)N(C)C)cn1)c1cc2ccccc2o1. The number of sulfonamides is 1. The van der Waals surface area contributed by atoms with Gasteiger partial charge in [0.15, 0.2) is 0 Å². The molecule has 26 heavy (non-hydrogen) atoms. The molecule has 2 heterocycles. The number of carbonyl (C=O) groups excluding carboxylic acids is 1. The van der Waals surface area contributed by atoms with E-state index in [-0.39, 0.29) is 16.6 Å². The van der Waals surface area contributed by atoms with Crippen LogP contribution in [0.5, 0.6) is 0 Å². The second kappa shape index (κ2) is 6.89. The number of hydrogen-bond acceptors (Lipinski definition) is 5. The third kappa shape index (κ3) is 3.47. The Morgan fingerprint density at radius 3 is 2.54 bits per heavy atom. The number of aromatic nitrogens is 1. The lowest BCUT2D eigenvalue weighted by atomic mass is 10.1. The zero-order valence-corrected chi connectivity index (χ0v) is 15.4. The molecule has 3 aromatic rings. The Morgan fingerprint density at radius 1 is 1.19 bits per heavy atom. The van der Waals surface area contributed by atoms with Gasteiger partial charge in [-0.2, -0.15) is 0 Å². The van der Waals surface area contributed by atoms with Gasteiger partial charge in [-0.15, -0.1) is 0 Å². The van der Waals surface area contributed by atoms with Crippen molar-refractivity contribution >= 4 is 32.7 Å². The molecule has 2 aromatic heterocycles. The summed E-state index contributed by atoms with van der Waals surface area (Å²) in [6.07, 6.45) is 1.22. The number of para-hydroxylation sites is 1. The minimum absolute atomic E-state index is 0.0610. The molecular weight excluding hydrogens is 354 g/mol. The van der Waals surface area contributed by atoms with Crippen LogP contribution < -0.4 is 5.32 Å². The van der Waals surface area contributed by atoms with E-state index in [1.165, 1.54) is 32.4 Å². The maximum Gasteiger partial charge on any atom is 0.244 e. The first-order valence-corrected chi connectivity index (χ1v) is 9.41. The summed E-state index contributed by atoms with van der Waals surface area (Å²) in [4.78, 5) is 16.5. The third-order valence-electron chi connectivity index (χ3n) is 4.03. The largest absolute Gasteiger partial charge is 0.460 e. The third-order valence-corrected chi connectivity index (χ3v) is 5.83. The summed E-state index contributed by atoms with van der Waals surface area (Å²) in [5.41, 5.74) is 0.721. The van der Waals surface area contributed by atoms with Gasteiger partial charge in [0.2, 0.25) is 15.9 Å². The van der Waals surface area contributed by atoms with Gasteiger partial charge in [-0.1, -0.05) is 18.2 Å². The number of anilines is 1. The lowest BCUT2D eigenvalue weighted by Gasteiger charge is -2.12. The topological polar surface area (TPSA) is 92.5 Å². The molecule has 0 aliphatic rings. The Kier molecular flexibility index (Phi) is 4.80. The van der Waals surface area contributed by atoms with Gasteiger partial charge in [-0.25, -0.2) is 17.7 Å². The number of nitrogens with zero attached hydrogens (tertiary/aromatic N) is 2. The predicted molar refractivity (Wildman–Crippen MR) is 98.4 cm³/mol. The van der Waals surface area contributed by atoms with E-state index in [1.807, 2.05) is 30.3 Å². The molecule has 0 spiro atoms. The number of hydrogen-bond donors (Lipinski definition) is 1. The fourth-order valence-corrected chi connectivity index (χ4v) is 3.24. The van der Waals surface area contributed by atoms with E-state index >= 15 is 0 Å². The Balaban J connectivity index is 1.75. The summed E-state index contributed by atoms with van der Waals surface area (Å²) in [6.45, 7) is 1.73. The van der Waals surface area contributed by atoms with Crippen molar-refractivity contribution in [2.75, 3.05) is 19.4 Å². The Labute approximate surface area is 151 Å². The van der Waals surface area contributed by atoms with E-state index in [4.69, 9.17) is 4.42 Å². The summed E-state index contributed by atoms with van der Waals surface area (Å²) >= 11 is 0. The van der Waals surface area contributed by atoms with Crippen molar-refractivity contribution in [1.29, 1.82) is 0 Å². The summed E-state index contributed by atoms with van der Waals surface area (Å²) in [7, 11) is -0.664. The van der Waals surface area contributed by atoms with Crippen molar-refractivity contribution in [3.05, 3.63) is 54.4 Å². The van der Waals surface area contributed by atoms with Crippen LogP contribution in [0.25, 0.3) is 11.0 Å². The number of furan rings is 1. The fourth-order valence-electron chi connectivity index (χ4n) is 2.40. The smallest absolute Gasteiger partial charge is 0.244 e. The highest BCUT2D eigenvalue weighted by Crippen LogP contribution is 2.26. The number of pyridine rings is 1. The van der Waals surface area contributed by atoms with Gasteiger partial charge >= 0.3 is 0 Å². The number of fused-ring (bicyclic) bond motifs is 1. The molecule has 1 unspecified atom stereocenters. The van der Waals surface area contributed by atoms with Crippen molar-refractivity contribution in [1.82, 2.24) is 9.29 Å². The molecule has 1 atom stereocenters. The van der Waals surface area contributed by atoms with E-state index in [0.717, 1.165) is 15.3 Å². The lowest BCUT2D eigenvalue weighted by molar-refractivity contribution is -0.117. The number of amides is 1. The first kappa shape index (κ1) is 18.1. The number of benzene rings is 1. The average Bonchev–Trinajstić information content (AvgIpc) is 3.05. The van der Waals surface area contributed by atoms with Gasteiger partial charge < -0.3 is 9.73 Å². The van der Waals surface area contributed by atoms with Gasteiger partial charge in [0, 0.05) is 25.7 Å². The van der Waals surface area contributed by atoms with E-state index < -0.39 is 15.9 Å². The number of nitrogens with one attached hydrogen (secondary N) is 1. The van der Waals surface area contributed by atoms with Crippen LogP contribution in [0.15, 0.2) is 58.0 Å². The molecular formula is C18H19N3O4S. The van der Waals surface area contributed by atoms with Gasteiger partial charge in [0.1, 0.15) is 22.1 Å². The first-order valence-electron chi connectivity index (χ1n) is 7.97. The van der Waals surface area contributed by atoms with Crippen LogP contribution >= 0.6 is 0 Å². The molecule has 1 N–H and O–H groups in total. The van der Waals surface area contributed by atoms with Crippen LogP contribution in [0.3, 0.4) is 0 Å². The molecule has 0 aliphatic carbocycles. The van der Waals surface area contributed by atoms with Gasteiger partial charge in [-0.3, -0.25) is 4.79 Å². The summed E-state index contributed by atoms with van der Waals surface area (Å²) in [5.74, 6) is 0.0142. The zero-order valence-electron chi connectivity index (χ0n) is 14.6. The molecule has 1 aromatic carbocycles. The molecule has 0 radical (unpaired) electrons. The maximum atomic E-state index is 12.4. The lowest BCUT2D eigenvalue weighted by Crippen LogP contribution is -2.23. The van der Waals surface area contributed by atoms with Crippen molar-refractivity contribution in [3.8, 4) is 0 Å². The predicted octanol–water partition coefficient (Wildman–Crippen LogP) is 2.82. The second-order valence-corrected chi connectivity index (χ2v) is 8.22. The van der Waals surface area contributed by atoms with Crippen molar-refractivity contribution in [2.45, 2.75) is 17.7 Å². The molecule has 7 nitrogen and oxygen atoms in total. The van der Waals surface area contributed by atoms with Crippen LogP contribution in [0, 0.1) is 0 Å². The summed E-state index contributed by atoms with van der Waals surface area (Å²) in [5, 5.41) is 3.60. The molecule has 0 saturated carbocycles. The quantitative estimate of drug-likeness (QED) is 0.742. The first-order chi connectivity index (χ1) is 12.3. The highest BCUT2D eigenvalue weighted by atomic mass is 32.2. The van der Waals surface area contributed by atoms with Crippen LogP contribution in [0.1, 0.15) is 18.6 Å². The van der Waals surface area contributed by atoms with Crippen LogP contribution in [0.2, 0.25) is 0 Å². The van der Waals surface area contributed by atoms with E-state index in [9.17, 15) is 13.2 Å². The summed E-state index contributed by atoms with van der Waals surface area (Å²) < 4.78 is 30.9. The molecule has 1 amide bonds. The molecule has 0 saturated heterocycles. The van der Waals surface area contributed by atoms with Crippen LogP contribution in [0.4, 0.5) is 5.82 Å². The summed E-state index contributed by atoms with van der Waals surface area (Å²) in [6, 6.07) is 12.2. The van der Waals surface area contributed by atoms with Gasteiger partial charge in [0.05, 0.1) is 5.92 Å². The highest BCUT2D eigenvalue weighted by Gasteiger charge is 2.21. The second-order valence-electron chi connectivity index (χ2n) is 6.06. The minimum atomic E-state index is -3.55. The number of rotatable bonds is 5. The Bertz CT molecular complexity index is 1010. The van der Waals surface area contributed by atoms with Crippen LogP contribution in [-0.2, 0) is 14.8 Å². The van der Waals surface area contributed by atoms with Gasteiger partial charge in [0.25, 0.3) is 0 Å². The van der Waals surface area contributed by atoms with Crippen molar-refractivity contribution in [3.63, 3.8) is 0 Å². The Hall–Kier alpha value is -2.71. The number of carbonyl (C=O) groups is 1. The fraction of sp³-hybridized carbons (Fsp3) is 0.222. The average molecular weight is 373 g/mol. The van der Waals surface area contributed by atoms with Gasteiger partial charge in [-0.05, 0) is 31.2 Å². The highest BCUT2D eigenvalue weighted by molar-refractivity contribution is 7.89. The van der Waals surface area contributed by atoms with E-state index in [2.05, 4.69) is 10.3 Å². The standard InChI is InChI=1S/C18H19N3O4S/c1-12(16-10-13-6-4-5-7-15(13)25-16)18(22)20-17-9-8-14(11-19-17)26(23,24)21(2)3/h4-12H,1-3H3,(H,19,20,22). The molecule has 8 heteroatoms. The van der Waals surface area contributed by atoms with E-state index in [1.54, 1.807) is 6.92 Å². The zero-order chi connectivity index (χ0) is 18.9.